The van der Waals surface area contributed by atoms with Crippen LogP contribution in [0.3, 0.4) is 0 Å². The second-order valence-electron chi connectivity index (χ2n) is 10.5. The third kappa shape index (κ3) is 4.62. The Morgan fingerprint density at radius 1 is 1.23 bits per heavy atom. The minimum absolute atomic E-state index is 0.0999. The Balaban J connectivity index is 1.15. The van der Waals surface area contributed by atoms with Crippen molar-refractivity contribution >= 4 is 39.4 Å². The molecule has 2 amide bonds. The molecule has 1 aliphatic carbocycles. The first kappa shape index (κ1) is 25.8. The molecule has 40 heavy (non-hydrogen) atoms. The summed E-state index contributed by atoms with van der Waals surface area (Å²) >= 11 is 1.42. The Bertz CT molecular complexity index is 1700. The average Bonchev–Trinajstić information content (AvgIpc) is 3.51. The molecule has 0 radical (unpaired) electrons. The van der Waals surface area contributed by atoms with E-state index in [2.05, 4.69) is 62.7 Å². The Hall–Kier alpha value is -4.51. The number of amides is 2. The van der Waals surface area contributed by atoms with Gasteiger partial charge in [0.2, 0.25) is 11.8 Å². The normalized spacial score (nSPS) is 17.1. The summed E-state index contributed by atoms with van der Waals surface area (Å²) in [7, 11) is 1.57. The molecule has 2 N–H and O–H groups in total. The number of carbonyl (C=O) groups is 2. The first-order chi connectivity index (χ1) is 19.2. The quantitative estimate of drug-likeness (QED) is 0.338. The predicted octanol–water partition coefficient (Wildman–Crippen LogP) is 4.77. The number of hydrogen-bond donors (Lipinski definition) is 2. The summed E-state index contributed by atoms with van der Waals surface area (Å²) in [6, 6.07) is 5.47. The minimum atomic E-state index is -0.318. The molecule has 0 bridgehead atoms. The van der Waals surface area contributed by atoms with Gasteiger partial charge in [-0.25, -0.2) is 9.50 Å². The number of nitrogens with one attached hydrogen (secondary N) is 2. The Morgan fingerprint density at radius 3 is 2.90 bits per heavy atom. The van der Waals surface area contributed by atoms with Crippen molar-refractivity contribution in [3.63, 3.8) is 0 Å². The van der Waals surface area contributed by atoms with Crippen LogP contribution in [-0.4, -0.2) is 56.5 Å². The molecule has 1 fully saturated rings. The van der Waals surface area contributed by atoms with Crippen molar-refractivity contribution in [3.05, 3.63) is 78.2 Å². The highest BCUT2D eigenvalue weighted by atomic mass is 32.1. The molecule has 10 nitrogen and oxygen atoms in total. The van der Waals surface area contributed by atoms with Crippen molar-refractivity contribution in [2.24, 2.45) is 11.3 Å². The third-order valence-corrected chi connectivity index (χ3v) is 8.59. The highest BCUT2D eigenvalue weighted by molar-refractivity contribution is 7.21. The molecule has 6 rings (SSSR count). The summed E-state index contributed by atoms with van der Waals surface area (Å²) in [6.45, 7) is 7.35. The Morgan fingerprint density at radius 2 is 2.08 bits per heavy atom. The smallest absolute Gasteiger partial charge is 0.260 e. The van der Waals surface area contributed by atoms with E-state index < -0.39 is 0 Å². The van der Waals surface area contributed by atoms with Gasteiger partial charge in [0.25, 0.3) is 5.91 Å². The van der Waals surface area contributed by atoms with Crippen LogP contribution in [0.1, 0.15) is 29.9 Å². The van der Waals surface area contributed by atoms with E-state index in [1.165, 1.54) is 23.2 Å². The summed E-state index contributed by atoms with van der Waals surface area (Å²) in [4.78, 5) is 38.4. The molecule has 2 aliphatic rings. The molecule has 1 saturated heterocycles. The maximum absolute atomic E-state index is 13.3. The lowest BCUT2D eigenvalue weighted by atomic mass is 9.69. The van der Waals surface area contributed by atoms with E-state index in [0.29, 0.717) is 39.3 Å². The Labute approximate surface area is 235 Å². The number of ether oxygens (including phenoxy) is 1. The number of pyridine rings is 2. The van der Waals surface area contributed by atoms with Crippen molar-refractivity contribution in [1.29, 1.82) is 0 Å². The average molecular weight is 556 g/mol. The van der Waals surface area contributed by atoms with Gasteiger partial charge in [-0.1, -0.05) is 26.0 Å². The number of methoxy groups -OCH3 is 1. The number of hydrogen-bond acceptors (Lipinski definition) is 8. The molecule has 0 saturated carbocycles. The van der Waals surface area contributed by atoms with Crippen molar-refractivity contribution < 1.29 is 14.3 Å². The molecule has 0 aromatic carbocycles. The number of rotatable bonds is 7. The van der Waals surface area contributed by atoms with Crippen LogP contribution in [0.5, 0.6) is 5.88 Å². The van der Waals surface area contributed by atoms with Crippen molar-refractivity contribution in [1.82, 2.24) is 24.5 Å². The fraction of sp³-hybridized carbons (Fsp3) is 0.276. The molecule has 5 heterocycles. The van der Waals surface area contributed by atoms with Gasteiger partial charge in [-0.3, -0.25) is 14.6 Å². The molecule has 0 spiro atoms. The maximum atomic E-state index is 13.3. The summed E-state index contributed by atoms with van der Waals surface area (Å²) in [5.41, 5.74) is 4.21. The van der Waals surface area contributed by atoms with Gasteiger partial charge in [-0.05, 0) is 36.6 Å². The predicted molar refractivity (Wildman–Crippen MR) is 154 cm³/mol. The van der Waals surface area contributed by atoms with E-state index in [4.69, 9.17) is 4.74 Å². The van der Waals surface area contributed by atoms with Gasteiger partial charge < -0.3 is 20.3 Å². The van der Waals surface area contributed by atoms with Crippen LogP contribution in [0.15, 0.2) is 66.9 Å². The third-order valence-electron chi connectivity index (χ3n) is 7.44. The van der Waals surface area contributed by atoms with Crippen LogP contribution in [0.4, 0.5) is 11.4 Å². The SMILES string of the molecule is COc1ncccc1-c1cn2ncc(C(=O)Nc3cc(NC(=O)CN4CC5C4=CC=CC5(C)C)cnc3C)c2s1. The summed E-state index contributed by atoms with van der Waals surface area (Å²) in [5.74, 6) is 0.490. The number of thiazole rings is 1. The number of carbonyl (C=O) groups excluding carboxylic acids is 2. The number of likely N-dealkylation sites (tertiary alicyclic amines) is 1. The molecule has 1 aliphatic heterocycles. The minimum Gasteiger partial charge on any atom is -0.481 e. The van der Waals surface area contributed by atoms with Crippen molar-refractivity contribution in [3.8, 4) is 16.3 Å². The van der Waals surface area contributed by atoms with Crippen LogP contribution < -0.4 is 15.4 Å². The van der Waals surface area contributed by atoms with Gasteiger partial charge in [0.05, 0.1) is 59.1 Å². The zero-order valence-corrected chi connectivity index (χ0v) is 23.5. The number of aryl methyl sites for hydroxylation is 1. The lowest BCUT2D eigenvalue weighted by Gasteiger charge is -2.51. The molecule has 204 valence electrons. The van der Waals surface area contributed by atoms with Gasteiger partial charge in [-0.2, -0.15) is 5.10 Å². The lowest BCUT2D eigenvalue weighted by Crippen LogP contribution is -2.53. The van der Waals surface area contributed by atoms with Crippen LogP contribution in [0.2, 0.25) is 0 Å². The molecule has 4 aromatic rings. The van der Waals surface area contributed by atoms with Crippen LogP contribution in [-0.2, 0) is 4.79 Å². The number of anilines is 2. The lowest BCUT2D eigenvalue weighted by molar-refractivity contribution is -0.118. The van der Waals surface area contributed by atoms with Crippen molar-refractivity contribution in [2.75, 3.05) is 30.8 Å². The summed E-state index contributed by atoms with van der Waals surface area (Å²) in [6.07, 6.45) is 13.0. The molecule has 1 atom stereocenters. The summed E-state index contributed by atoms with van der Waals surface area (Å²) < 4.78 is 7.05. The highest BCUT2D eigenvalue weighted by Crippen LogP contribution is 2.45. The van der Waals surface area contributed by atoms with Crippen LogP contribution >= 0.6 is 11.3 Å². The largest absolute Gasteiger partial charge is 0.481 e. The maximum Gasteiger partial charge on any atom is 0.260 e. The van der Waals surface area contributed by atoms with E-state index in [0.717, 1.165) is 17.0 Å². The monoisotopic (exact) mass is 555 g/mol. The number of allylic oxidation sites excluding steroid dienone is 3. The van der Waals surface area contributed by atoms with Gasteiger partial charge in [0.15, 0.2) is 0 Å². The van der Waals surface area contributed by atoms with Gasteiger partial charge in [0.1, 0.15) is 4.83 Å². The fourth-order valence-electron chi connectivity index (χ4n) is 5.13. The number of fused-ring (bicyclic) bond motifs is 2. The fourth-order valence-corrected chi connectivity index (χ4v) is 6.21. The molecule has 11 heteroatoms. The molecular weight excluding hydrogens is 526 g/mol. The topological polar surface area (TPSA) is 114 Å². The number of nitrogens with zero attached hydrogens (tertiary/aromatic N) is 5. The zero-order valence-electron chi connectivity index (χ0n) is 22.6. The van der Waals surface area contributed by atoms with Crippen molar-refractivity contribution in [2.45, 2.75) is 20.8 Å². The number of aromatic nitrogens is 4. The van der Waals surface area contributed by atoms with E-state index >= 15 is 0 Å². The van der Waals surface area contributed by atoms with E-state index in [1.54, 1.807) is 37.0 Å². The van der Waals surface area contributed by atoms with Gasteiger partial charge in [0, 0.05) is 30.6 Å². The molecule has 1 unspecified atom stereocenters. The first-order valence-electron chi connectivity index (χ1n) is 12.9. The van der Waals surface area contributed by atoms with E-state index in [-0.39, 0.29) is 23.8 Å². The molecular formula is C29H29N7O3S. The second kappa shape index (κ2) is 9.91. The van der Waals surface area contributed by atoms with E-state index in [9.17, 15) is 9.59 Å². The zero-order chi connectivity index (χ0) is 28.0. The highest BCUT2D eigenvalue weighted by Gasteiger charge is 2.43. The van der Waals surface area contributed by atoms with Crippen LogP contribution in [0.25, 0.3) is 15.3 Å². The van der Waals surface area contributed by atoms with E-state index in [1.807, 2.05) is 18.3 Å². The van der Waals surface area contributed by atoms with Gasteiger partial charge in [-0.15, -0.1) is 11.3 Å². The molecule has 4 aromatic heterocycles. The first-order valence-corrected chi connectivity index (χ1v) is 13.7. The van der Waals surface area contributed by atoms with Gasteiger partial charge >= 0.3 is 0 Å². The summed E-state index contributed by atoms with van der Waals surface area (Å²) in [5, 5.41) is 10.2. The van der Waals surface area contributed by atoms with Crippen LogP contribution in [0, 0.1) is 18.3 Å². The standard InChI is InChI=1S/C29H29N7O3S/c1-17-22(11-18(12-31-17)33-25(37)16-35-14-21-23(35)8-5-9-29(21,2)3)34-26(38)20-13-32-36-15-24(40-28(20)36)19-7-6-10-30-27(19)39-4/h5-13,15,21H,14,16H2,1-4H3,(H,33,37)(H,34,38). The Kier molecular flexibility index (Phi) is 6.38. The second-order valence-corrected chi connectivity index (χ2v) is 11.6.